The first-order chi connectivity index (χ1) is 16.8. The van der Waals surface area contributed by atoms with Crippen LogP contribution < -0.4 is 10.6 Å². The predicted octanol–water partition coefficient (Wildman–Crippen LogP) is 5.23. The van der Waals surface area contributed by atoms with Gasteiger partial charge in [0.1, 0.15) is 10.7 Å². The molecule has 0 saturated heterocycles. The van der Waals surface area contributed by atoms with Crippen molar-refractivity contribution in [1.29, 1.82) is 0 Å². The first-order valence-electron chi connectivity index (χ1n) is 12.2. The van der Waals surface area contributed by atoms with Crippen LogP contribution in [0.3, 0.4) is 0 Å². The fourth-order valence-electron chi connectivity index (χ4n) is 3.69. The maximum Gasteiger partial charge on any atom is 0.322 e. The molecule has 35 heavy (non-hydrogen) atoms. The summed E-state index contributed by atoms with van der Waals surface area (Å²) in [5.74, 6) is 0.330. The van der Waals surface area contributed by atoms with Gasteiger partial charge < -0.3 is 25.0 Å². The van der Waals surface area contributed by atoms with Gasteiger partial charge in [0, 0.05) is 51.6 Å². The number of nitrogens with zero attached hydrogens (tertiary/aromatic N) is 2. The number of hydrogen-bond donors (Lipinski definition) is 2. The number of nitrogens with one attached hydrogen (secondary N) is 2. The van der Waals surface area contributed by atoms with E-state index < -0.39 is 0 Å². The summed E-state index contributed by atoms with van der Waals surface area (Å²) >= 11 is 1.38. The minimum Gasteiger partial charge on any atom is -0.385 e. The van der Waals surface area contributed by atoms with E-state index in [0.29, 0.717) is 50.0 Å². The van der Waals surface area contributed by atoms with E-state index in [4.69, 9.17) is 9.47 Å². The second kappa shape index (κ2) is 14.8. The van der Waals surface area contributed by atoms with Crippen LogP contribution >= 0.6 is 11.3 Å². The smallest absolute Gasteiger partial charge is 0.322 e. The second-order valence-electron chi connectivity index (χ2n) is 9.05. The first kappa shape index (κ1) is 28.7. The molecule has 1 aromatic heterocycles. The normalized spacial score (nSPS) is 11.2. The van der Waals surface area contributed by atoms with Crippen molar-refractivity contribution in [2.45, 2.75) is 58.9 Å². The molecule has 1 aromatic carbocycles. The molecule has 8 nitrogen and oxygen atoms in total. The maximum absolute atomic E-state index is 13.5. The van der Waals surface area contributed by atoms with Crippen LogP contribution in [0.1, 0.15) is 79.0 Å². The first-order valence-corrected chi connectivity index (χ1v) is 13.1. The van der Waals surface area contributed by atoms with Crippen LogP contribution in [-0.2, 0) is 16.0 Å². The average Bonchev–Trinajstić information content (AvgIpc) is 3.29. The van der Waals surface area contributed by atoms with Crippen LogP contribution in [0.5, 0.6) is 0 Å². The van der Waals surface area contributed by atoms with Crippen molar-refractivity contribution < 1.29 is 19.1 Å². The van der Waals surface area contributed by atoms with Gasteiger partial charge in [-0.05, 0) is 35.8 Å². The number of methoxy groups -OCH3 is 2. The van der Waals surface area contributed by atoms with Crippen molar-refractivity contribution in [2.75, 3.05) is 45.8 Å². The van der Waals surface area contributed by atoms with E-state index in [1.54, 1.807) is 24.5 Å². The van der Waals surface area contributed by atoms with Crippen molar-refractivity contribution in [2.24, 2.45) is 0 Å². The number of aromatic nitrogens is 1. The third-order valence-electron chi connectivity index (χ3n) is 5.59. The summed E-state index contributed by atoms with van der Waals surface area (Å²) in [7, 11) is 3.28. The third-order valence-corrected chi connectivity index (χ3v) is 6.42. The monoisotopic (exact) mass is 504 g/mol. The van der Waals surface area contributed by atoms with Gasteiger partial charge in [-0.1, -0.05) is 45.9 Å². The number of rotatable bonds is 14. The minimum absolute atomic E-state index is 0.183. The number of carbonyl (C=O) groups is 2. The fourth-order valence-corrected chi connectivity index (χ4v) is 4.48. The molecule has 0 aliphatic carbocycles. The van der Waals surface area contributed by atoms with Crippen LogP contribution in [0.4, 0.5) is 10.5 Å². The van der Waals surface area contributed by atoms with Crippen molar-refractivity contribution in [3.63, 3.8) is 0 Å². The van der Waals surface area contributed by atoms with Crippen molar-refractivity contribution in [1.82, 2.24) is 15.2 Å². The Hall–Kier alpha value is -2.49. The van der Waals surface area contributed by atoms with E-state index in [0.717, 1.165) is 23.2 Å². The van der Waals surface area contributed by atoms with Crippen molar-refractivity contribution >= 4 is 29.0 Å². The Morgan fingerprint density at radius 2 is 1.66 bits per heavy atom. The minimum atomic E-state index is -0.216. The molecule has 3 amide bonds. The number of thiazole rings is 1. The van der Waals surface area contributed by atoms with Gasteiger partial charge in [-0.2, -0.15) is 0 Å². The van der Waals surface area contributed by atoms with Gasteiger partial charge in [-0.15, -0.1) is 11.3 Å². The number of carbonyl (C=O) groups excluding carboxylic acids is 2. The Kier molecular flexibility index (Phi) is 12.2. The number of anilines is 1. The van der Waals surface area contributed by atoms with Gasteiger partial charge in [-0.25, -0.2) is 9.78 Å². The third kappa shape index (κ3) is 8.91. The second-order valence-corrected chi connectivity index (χ2v) is 9.99. The summed E-state index contributed by atoms with van der Waals surface area (Å²) in [4.78, 5) is 32.1. The molecule has 2 aromatic rings. The molecule has 0 fully saturated rings. The van der Waals surface area contributed by atoms with Gasteiger partial charge >= 0.3 is 6.03 Å². The number of para-hydroxylation sites is 1. The van der Waals surface area contributed by atoms with Crippen molar-refractivity contribution in [3.05, 3.63) is 45.4 Å². The highest BCUT2D eigenvalue weighted by atomic mass is 32.1. The molecule has 0 bridgehead atoms. The van der Waals surface area contributed by atoms with Crippen LogP contribution in [0.2, 0.25) is 0 Å². The Morgan fingerprint density at radius 1 is 1.03 bits per heavy atom. The highest BCUT2D eigenvalue weighted by molar-refractivity contribution is 7.09. The Morgan fingerprint density at radius 3 is 2.26 bits per heavy atom. The lowest BCUT2D eigenvalue weighted by molar-refractivity contribution is 0.0944. The maximum atomic E-state index is 13.5. The van der Waals surface area contributed by atoms with E-state index in [-0.39, 0.29) is 23.8 Å². The molecule has 0 unspecified atom stereocenters. The standard InChI is InChI=1S/C26H40N4O4S/c1-18(2)20-10-7-11-21(19(3)4)24(20)29-26(32)30(13-9-15-34-6)16-23-28-22(17-35-23)25(31)27-12-8-14-33-5/h7,10-11,17-19H,8-9,12-16H2,1-6H3,(H,27,31)(H,29,32). The molecular weight excluding hydrogens is 464 g/mol. The molecule has 0 aliphatic heterocycles. The van der Waals surface area contributed by atoms with E-state index in [1.165, 1.54) is 11.3 Å². The SMILES string of the molecule is COCCCNC(=O)c1csc(CN(CCCOC)C(=O)Nc2c(C(C)C)cccc2C(C)C)n1. The summed E-state index contributed by atoms with van der Waals surface area (Å²) in [6.45, 7) is 11.0. The topological polar surface area (TPSA) is 92.8 Å². The molecule has 194 valence electrons. The highest BCUT2D eigenvalue weighted by Gasteiger charge is 2.21. The predicted molar refractivity (Wildman–Crippen MR) is 141 cm³/mol. The summed E-state index contributed by atoms with van der Waals surface area (Å²) in [6, 6.07) is 6.00. The zero-order valence-electron chi connectivity index (χ0n) is 21.8. The molecule has 0 radical (unpaired) electrons. The highest BCUT2D eigenvalue weighted by Crippen LogP contribution is 2.32. The fraction of sp³-hybridized carbons (Fsp3) is 0.577. The van der Waals surface area contributed by atoms with Gasteiger partial charge in [-0.3, -0.25) is 4.79 Å². The summed E-state index contributed by atoms with van der Waals surface area (Å²) in [5, 5.41) is 8.48. The number of hydrogen-bond acceptors (Lipinski definition) is 6. The summed E-state index contributed by atoms with van der Waals surface area (Å²) in [5.41, 5.74) is 3.48. The molecule has 0 spiro atoms. The molecule has 2 N–H and O–H groups in total. The van der Waals surface area contributed by atoms with Gasteiger partial charge in [0.15, 0.2) is 0 Å². The van der Waals surface area contributed by atoms with E-state index in [9.17, 15) is 9.59 Å². The number of urea groups is 1. The van der Waals surface area contributed by atoms with Crippen molar-refractivity contribution in [3.8, 4) is 0 Å². The Bertz CT molecular complexity index is 919. The quantitative estimate of drug-likeness (QED) is 0.344. The molecular formula is C26H40N4O4S. The van der Waals surface area contributed by atoms with E-state index >= 15 is 0 Å². The molecule has 0 atom stereocenters. The van der Waals surface area contributed by atoms with Gasteiger partial charge in [0.2, 0.25) is 0 Å². The van der Waals surface area contributed by atoms with E-state index in [2.05, 4.69) is 55.4 Å². The molecule has 1 heterocycles. The number of ether oxygens (including phenoxy) is 2. The van der Waals surface area contributed by atoms with Gasteiger partial charge in [0.05, 0.1) is 6.54 Å². The molecule has 0 saturated carbocycles. The molecule has 0 aliphatic rings. The summed E-state index contributed by atoms with van der Waals surface area (Å²) in [6.07, 6.45) is 1.44. The summed E-state index contributed by atoms with van der Waals surface area (Å²) < 4.78 is 10.2. The van der Waals surface area contributed by atoms with Crippen LogP contribution in [-0.4, -0.2) is 62.3 Å². The lowest BCUT2D eigenvalue weighted by atomic mass is 9.93. The largest absolute Gasteiger partial charge is 0.385 e. The molecule has 9 heteroatoms. The Labute approximate surface area is 213 Å². The zero-order chi connectivity index (χ0) is 25.8. The van der Waals surface area contributed by atoms with Gasteiger partial charge in [0.25, 0.3) is 5.91 Å². The molecule has 2 rings (SSSR count). The van der Waals surface area contributed by atoms with Crippen LogP contribution in [0, 0.1) is 0 Å². The lowest BCUT2D eigenvalue weighted by Gasteiger charge is -2.25. The Balaban J connectivity index is 2.17. The average molecular weight is 505 g/mol. The van der Waals surface area contributed by atoms with E-state index in [1.807, 2.05) is 6.07 Å². The number of amides is 3. The number of benzene rings is 1. The van der Waals surface area contributed by atoms with Crippen LogP contribution in [0.15, 0.2) is 23.6 Å². The lowest BCUT2D eigenvalue weighted by Crippen LogP contribution is -2.36. The zero-order valence-corrected chi connectivity index (χ0v) is 22.7. The van der Waals surface area contributed by atoms with Crippen LogP contribution in [0.25, 0.3) is 0 Å².